The van der Waals surface area contributed by atoms with Gasteiger partial charge < -0.3 is 20.8 Å². The largest absolute Gasteiger partial charge is 0.508 e. The van der Waals surface area contributed by atoms with Crippen molar-refractivity contribution in [1.82, 2.24) is 9.97 Å². The van der Waals surface area contributed by atoms with Crippen molar-refractivity contribution >= 4 is 47.4 Å². The van der Waals surface area contributed by atoms with Crippen LogP contribution in [-0.2, 0) is 5.75 Å². The minimum absolute atomic E-state index is 0.128. The van der Waals surface area contributed by atoms with Crippen molar-refractivity contribution in [3.05, 3.63) is 59.2 Å². The molecular weight excluding hydrogens is 360 g/mol. The fourth-order valence-electron chi connectivity index (χ4n) is 2.17. The van der Waals surface area contributed by atoms with E-state index in [-0.39, 0.29) is 11.5 Å². The predicted octanol–water partition coefficient (Wildman–Crippen LogP) is 4.46. The third kappa shape index (κ3) is 4.26. The highest BCUT2D eigenvalue weighted by Gasteiger charge is 2.13. The minimum atomic E-state index is 0.128. The van der Waals surface area contributed by atoms with Gasteiger partial charge in [0.25, 0.3) is 0 Å². The Balaban J connectivity index is 1.94. The quantitative estimate of drug-likeness (QED) is 0.424. The molecule has 0 saturated carbocycles. The lowest BCUT2D eigenvalue weighted by molar-refractivity contribution is 0.475. The van der Waals surface area contributed by atoms with E-state index in [1.165, 1.54) is 0 Å². The first kappa shape index (κ1) is 17.2. The van der Waals surface area contributed by atoms with Gasteiger partial charge in [-0.2, -0.15) is 17.6 Å². The zero-order valence-electron chi connectivity index (χ0n) is 12.9. The van der Waals surface area contributed by atoms with Crippen LogP contribution in [0.3, 0.4) is 0 Å². The summed E-state index contributed by atoms with van der Waals surface area (Å²) in [6, 6.07) is 13.2. The van der Waals surface area contributed by atoms with E-state index in [1.54, 1.807) is 48.5 Å². The summed E-state index contributed by atoms with van der Waals surface area (Å²) in [5, 5.41) is 25.6. The van der Waals surface area contributed by atoms with Crippen LogP contribution in [0.5, 0.6) is 11.5 Å². The monoisotopic (exact) mass is 374 g/mol. The summed E-state index contributed by atoms with van der Waals surface area (Å²) in [5.41, 5.74) is 1.81. The van der Waals surface area contributed by atoms with Crippen molar-refractivity contribution in [3.63, 3.8) is 0 Å². The summed E-state index contributed by atoms with van der Waals surface area (Å²) in [6.07, 6.45) is 0. The molecule has 0 aliphatic rings. The molecular formula is C17H15ClN4O2S. The van der Waals surface area contributed by atoms with Crippen LogP contribution in [0.4, 0.5) is 23.1 Å². The molecule has 25 heavy (non-hydrogen) atoms. The number of phenolic OH excluding ortho intramolecular Hbond substituents is 2. The number of anilines is 4. The minimum Gasteiger partial charge on any atom is -0.508 e. The van der Waals surface area contributed by atoms with Gasteiger partial charge in [0.05, 0.1) is 5.69 Å². The number of aromatic nitrogens is 2. The molecule has 0 spiro atoms. The first-order chi connectivity index (χ1) is 12.0. The maximum Gasteiger partial charge on any atom is 0.229 e. The first-order valence-electron chi connectivity index (χ1n) is 7.34. The van der Waals surface area contributed by atoms with Crippen molar-refractivity contribution in [2.45, 2.75) is 5.75 Å². The van der Waals surface area contributed by atoms with Gasteiger partial charge in [-0.25, -0.2) is 4.98 Å². The summed E-state index contributed by atoms with van der Waals surface area (Å²) >= 11 is 10.6. The fraction of sp³-hybridized carbons (Fsp3) is 0.0588. The molecule has 0 bridgehead atoms. The average Bonchev–Trinajstić information content (AvgIpc) is 2.57. The van der Waals surface area contributed by atoms with E-state index in [4.69, 9.17) is 11.6 Å². The standard InChI is InChI=1S/C17H15ClN4O2S/c18-15-14(9-25)21-17(20-11-4-2-6-13(24)8-11)22-16(15)19-10-3-1-5-12(23)7-10/h1-8,23-25H,9H2,(H2,19,20,21,22). The number of rotatable bonds is 5. The zero-order valence-corrected chi connectivity index (χ0v) is 14.6. The molecule has 8 heteroatoms. The van der Waals surface area contributed by atoms with Crippen LogP contribution in [0.15, 0.2) is 48.5 Å². The highest BCUT2D eigenvalue weighted by molar-refractivity contribution is 7.79. The molecule has 0 radical (unpaired) electrons. The number of halogens is 1. The number of thiol groups is 1. The molecule has 0 atom stereocenters. The molecule has 0 aliphatic heterocycles. The molecule has 0 saturated heterocycles. The van der Waals surface area contributed by atoms with Gasteiger partial charge in [-0.15, -0.1) is 0 Å². The Bertz CT molecular complexity index is 908. The third-order valence-corrected chi connectivity index (χ3v) is 3.98. The molecule has 2 aromatic carbocycles. The van der Waals surface area contributed by atoms with Crippen molar-refractivity contribution in [3.8, 4) is 11.5 Å². The molecule has 3 aromatic rings. The van der Waals surface area contributed by atoms with Crippen molar-refractivity contribution in [2.75, 3.05) is 10.6 Å². The third-order valence-electron chi connectivity index (χ3n) is 3.28. The van der Waals surface area contributed by atoms with E-state index in [0.717, 1.165) is 0 Å². The Kier molecular flexibility index (Phi) is 5.16. The molecule has 6 nitrogen and oxygen atoms in total. The summed E-state index contributed by atoms with van der Waals surface area (Å²) in [6.45, 7) is 0. The van der Waals surface area contributed by atoms with Gasteiger partial charge in [0.15, 0.2) is 5.82 Å². The van der Waals surface area contributed by atoms with Crippen LogP contribution >= 0.6 is 24.2 Å². The average molecular weight is 375 g/mol. The zero-order chi connectivity index (χ0) is 17.8. The Labute approximate surface area is 154 Å². The van der Waals surface area contributed by atoms with Gasteiger partial charge in [-0.3, -0.25) is 0 Å². The van der Waals surface area contributed by atoms with Gasteiger partial charge in [0.2, 0.25) is 5.95 Å². The second kappa shape index (κ2) is 7.50. The van der Waals surface area contributed by atoms with Crippen LogP contribution in [0.1, 0.15) is 5.69 Å². The van der Waals surface area contributed by atoms with Crippen LogP contribution in [0.25, 0.3) is 0 Å². The molecule has 4 N–H and O–H groups in total. The lowest BCUT2D eigenvalue weighted by Crippen LogP contribution is -2.05. The Morgan fingerprint density at radius 2 is 1.52 bits per heavy atom. The van der Waals surface area contributed by atoms with Crippen molar-refractivity contribution < 1.29 is 10.2 Å². The van der Waals surface area contributed by atoms with Gasteiger partial charge in [0, 0.05) is 29.3 Å². The first-order valence-corrected chi connectivity index (χ1v) is 8.35. The van der Waals surface area contributed by atoms with Crippen LogP contribution in [0.2, 0.25) is 5.02 Å². The fourth-order valence-corrected chi connectivity index (χ4v) is 2.69. The van der Waals surface area contributed by atoms with Gasteiger partial charge in [-0.1, -0.05) is 23.7 Å². The maximum atomic E-state index is 9.58. The van der Waals surface area contributed by atoms with Crippen molar-refractivity contribution in [1.29, 1.82) is 0 Å². The second-order valence-electron chi connectivity index (χ2n) is 5.17. The summed E-state index contributed by atoms with van der Waals surface area (Å²) in [5.74, 6) is 1.27. The Morgan fingerprint density at radius 1 is 0.920 bits per heavy atom. The smallest absolute Gasteiger partial charge is 0.229 e. The number of hydrogen-bond donors (Lipinski definition) is 5. The van der Waals surface area contributed by atoms with Gasteiger partial charge in [0.1, 0.15) is 16.5 Å². The molecule has 1 heterocycles. The summed E-state index contributed by atoms with van der Waals surface area (Å²) in [4.78, 5) is 8.70. The van der Waals surface area contributed by atoms with Crippen LogP contribution in [0, 0.1) is 0 Å². The van der Waals surface area contributed by atoms with E-state index in [9.17, 15) is 10.2 Å². The second-order valence-corrected chi connectivity index (χ2v) is 5.86. The van der Waals surface area contributed by atoms with Gasteiger partial charge in [-0.05, 0) is 24.3 Å². The Hall–Kier alpha value is -2.64. The number of nitrogens with one attached hydrogen (secondary N) is 2. The SMILES string of the molecule is Oc1cccc(Nc2nc(CS)c(Cl)c(Nc3cccc(O)c3)n2)c1. The number of hydrogen-bond acceptors (Lipinski definition) is 7. The number of phenols is 2. The predicted molar refractivity (Wildman–Crippen MR) is 103 cm³/mol. The van der Waals surface area contributed by atoms with E-state index in [2.05, 4.69) is 33.2 Å². The van der Waals surface area contributed by atoms with E-state index < -0.39 is 0 Å². The molecule has 3 rings (SSSR count). The van der Waals surface area contributed by atoms with Crippen molar-refractivity contribution in [2.24, 2.45) is 0 Å². The molecule has 128 valence electrons. The van der Waals surface area contributed by atoms with E-state index in [1.807, 2.05) is 0 Å². The Morgan fingerprint density at radius 3 is 2.08 bits per heavy atom. The number of benzene rings is 2. The highest BCUT2D eigenvalue weighted by atomic mass is 35.5. The number of nitrogens with zero attached hydrogens (tertiary/aromatic N) is 2. The number of aromatic hydroxyl groups is 2. The molecule has 0 unspecified atom stereocenters. The topological polar surface area (TPSA) is 90.3 Å². The van der Waals surface area contributed by atoms with Crippen LogP contribution in [-0.4, -0.2) is 20.2 Å². The molecule has 0 aliphatic carbocycles. The molecule has 0 amide bonds. The lowest BCUT2D eigenvalue weighted by Gasteiger charge is -2.13. The normalized spacial score (nSPS) is 10.5. The maximum absolute atomic E-state index is 9.58. The summed E-state index contributed by atoms with van der Waals surface area (Å²) in [7, 11) is 0. The highest BCUT2D eigenvalue weighted by Crippen LogP contribution is 2.30. The van der Waals surface area contributed by atoms with E-state index >= 15 is 0 Å². The lowest BCUT2D eigenvalue weighted by atomic mass is 10.3. The molecule has 0 fully saturated rings. The van der Waals surface area contributed by atoms with E-state index in [0.29, 0.717) is 39.6 Å². The van der Waals surface area contributed by atoms with Crippen LogP contribution < -0.4 is 10.6 Å². The van der Waals surface area contributed by atoms with Gasteiger partial charge >= 0.3 is 0 Å². The molecule has 1 aromatic heterocycles. The summed E-state index contributed by atoms with van der Waals surface area (Å²) < 4.78 is 0.